The zero-order valence-corrected chi connectivity index (χ0v) is 11.9. The van der Waals surface area contributed by atoms with Crippen LogP contribution in [0, 0.1) is 0 Å². The van der Waals surface area contributed by atoms with Gasteiger partial charge in [0.25, 0.3) is 0 Å². The summed E-state index contributed by atoms with van der Waals surface area (Å²) in [6, 6.07) is -0.178. The van der Waals surface area contributed by atoms with Crippen LogP contribution >= 0.6 is 0 Å². The zero-order chi connectivity index (χ0) is 14.5. The molecule has 0 unspecified atom stereocenters. The van der Waals surface area contributed by atoms with E-state index < -0.39 is 16.1 Å². The molecule has 0 aliphatic carbocycles. The van der Waals surface area contributed by atoms with Gasteiger partial charge in [0.2, 0.25) is 10.0 Å². The Labute approximate surface area is 116 Å². The minimum absolute atomic E-state index is 0.136. The summed E-state index contributed by atoms with van der Waals surface area (Å²) in [6.45, 7) is 2.85. The van der Waals surface area contributed by atoms with Gasteiger partial charge < -0.3 is 5.11 Å². The van der Waals surface area contributed by atoms with Crippen molar-refractivity contribution in [3.05, 3.63) is 11.9 Å². The SMILES string of the molecule is C[C@H]1Cn2ncc(N3CCCS3(=O)=O)c2CN1C(=O)O. The van der Waals surface area contributed by atoms with Crippen LogP contribution in [0.15, 0.2) is 6.20 Å². The van der Waals surface area contributed by atoms with Gasteiger partial charge in [-0.15, -0.1) is 0 Å². The van der Waals surface area contributed by atoms with E-state index >= 15 is 0 Å². The van der Waals surface area contributed by atoms with Crippen molar-refractivity contribution in [2.75, 3.05) is 16.6 Å². The van der Waals surface area contributed by atoms with Crippen LogP contribution in [0.5, 0.6) is 0 Å². The third-order valence-electron chi connectivity index (χ3n) is 3.83. The predicted octanol–water partition coefficient (Wildman–Crippen LogP) is 0.305. The number of sulfonamides is 1. The molecular formula is C11H16N4O4S. The summed E-state index contributed by atoms with van der Waals surface area (Å²) in [4.78, 5) is 12.5. The van der Waals surface area contributed by atoms with Crippen molar-refractivity contribution in [3.63, 3.8) is 0 Å². The fourth-order valence-electron chi connectivity index (χ4n) is 2.76. The van der Waals surface area contributed by atoms with E-state index in [4.69, 9.17) is 0 Å². The van der Waals surface area contributed by atoms with Crippen molar-refractivity contribution in [3.8, 4) is 0 Å². The fraction of sp³-hybridized carbons (Fsp3) is 0.636. The molecule has 9 heteroatoms. The van der Waals surface area contributed by atoms with Gasteiger partial charge in [0, 0.05) is 6.54 Å². The number of hydrogen-bond donors (Lipinski definition) is 1. The average molecular weight is 300 g/mol. The van der Waals surface area contributed by atoms with Gasteiger partial charge in [-0.1, -0.05) is 0 Å². The monoisotopic (exact) mass is 300 g/mol. The lowest BCUT2D eigenvalue weighted by Gasteiger charge is -2.32. The number of anilines is 1. The zero-order valence-electron chi connectivity index (χ0n) is 11.1. The van der Waals surface area contributed by atoms with Gasteiger partial charge in [-0.05, 0) is 13.3 Å². The molecule has 3 rings (SSSR count). The molecule has 1 N–H and O–H groups in total. The van der Waals surface area contributed by atoms with Crippen LogP contribution in [0.25, 0.3) is 0 Å². The number of hydrogen-bond acceptors (Lipinski definition) is 4. The van der Waals surface area contributed by atoms with E-state index in [1.807, 2.05) is 6.92 Å². The van der Waals surface area contributed by atoms with Crippen LogP contribution in [0.1, 0.15) is 19.0 Å². The van der Waals surface area contributed by atoms with Crippen molar-refractivity contribution < 1.29 is 18.3 Å². The summed E-state index contributed by atoms with van der Waals surface area (Å²) < 4.78 is 27.0. The van der Waals surface area contributed by atoms with E-state index in [-0.39, 0.29) is 18.3 Å². The van der Waals surface area contributed by atoms with E-state index in [0.717, 1.165) is 0 Å². The largest absolute Gasteiger partial charge is 0.465 e. The predicted molar refractivity (Wildman–Crippen MR) is 71.0 cm³/mol. The van der Waals surface area contributed by atoms with Crippen molar-refractivity contribution in [1.82, 2.24) is 14.7 Å². The molecule has 1 aromatic rings. The number of rotatable bonds is 1. The summed E-state index contributed by atoms with van der Waals surface area (Å²) >= 11 is 0. The van der Waals surface area contributed by atoms with Gasteiger partial charge in [0.05, 0.1) is 42.5 Å². The molecule has 20 heavy (non-hydrogen) atoms. The van der Waals surface area contributed by atoms with E-state index in [1.54, 1.807) is 4.68 Å². The van der Waals surface area contributed by atoms with E-state index in [9.17, 15) is 18.3 Å². The minimum atomic E-state index is -3.28. The Balaban J connectivity index is 2.00. The van der Waals surface area contributed by atoms with Crippen molar-refractivity contribution >= 4 is 21.8 Å². The summed E-state index contributed by atoms with van der Waals surface area (Å²) in [7, 11) is -3.28. The number of carbonyl (C=O) groups is 1. The smallest absolute Gasteiger partial charge is 0.407 e. The molecule has 0 radical (unpaired) electrons. The molecule has 3 heterocycles. The second-order valence-corrected chi connectivity index (χ2v) is 7.17. The van der Waals surface area contributed by atoms with E-state index in [1.165, 1.54) is 15.4 Å². The summed E-state index contributed by atoms with van der Waals surface area (Å²) in [5, 5.41) is 13.4. The second kappa shape index (κ2) is 4.37. The van der Waals surface area contributed by atoms with Crippen LogP contribution in [0.4, 0.5) is 10.5 Å². The first-order valence-corrected chi connectivity index (χ1v) is 8.06. The quantitative estimate of drug-likeness (QED) is 0.805. The minimum Gasteiger partial charge on any atom is -0.465 e. The van der Waals surface area contributed by atoms with E-state index in [2.05, 4.69) is 5.10 Å². The first-order chi connectivity index (χ1) is 9.40. The first kappa shape index (κ1) is 13.2. The van der Waals surface area contributed by atoms with E-state index in [0.29, 0.717) is 30.9 Å². The Morgan fingerprint density at radius 3 is 2.85 bits per heavy atom. The Hall–Kier alpha value is -1.77. The lowest BCUT2D eigenvalue weighted by molar-refractivity contribution is 0.105. The molecule has 2 aliphatic heterocycles. The number of nitrogens with zero attached hydrogens (tertiary/aromatic N) is 4. The van der Waals surface area contributed by atoms with Crippen LogP contribution in [-0.4, -0.2) is 52.6 Å². The molecule has 0 aromatic carbocycles. The molecule has 1 atom stereocenters. The molecule has 1 saturated heterocycles. The van der Waals surface area contributed by atoms with Gasteiger partial charge in [0.1, 0.15) is 0 Å². The third kappa shape index (κ3) is 1.92. The average Bonchev–Trinajstić information content (AvgIpc) is 2.90. The lowest BCUT2D eigenvalue weighted by atomic mass is 10.2. The summed E-state index contributed by atoms with van der Waals surface area (Å²) in [5.74, 6) is 0.136. The highest BCUT2D eigenvalue weighted by Gasteiger charge is 2.35. The highest BCUT2D eigenvalue weighted by molar-refractivity contribution is 7.93. The van der Waals surface area contributed by atoms with Gasteiger partial charge in [-0.3, -0.25) is 13.9 Å². The van der Waals surface area contributed by atoms with Crippen LogP contribution in [0.2, 0.25) is 0 Å². The molecule has 0 bridgehead atoms. The molecule has 8 nitrogen and oxygen atoms in total. The molecular weight excluding hydrogens is 284 g/mol. The number of aromatic nitrogens is 2. The van der Waals surface area contributed by atoms with Crippen LogP contribution < -0.4 is 4.31 Å². The molecule has 1 amide bonds. The molecule has 0 spiro atoms. The fourth-order valence-corrected chi connectivity index (χ4v) is 4.34. The maximum absolute atomic E-state index is 12.0. The first-order valence-electron chi connectivity index (χ1n) is 6.45. The van der Waals surface area contributed by atoms with Crippen molar-refractivity contribution in [1.29, 1.82) is 0 Å². The van der Waals surface area contributed by atoms with Gasteiger partial charge in [0.15, 0.2) is 0 Å². The Morgan fingerprint density at radius 1 is 1.50 bits per heavy atom. The normalized spacial score (nSPS) is 24.8. The number of fused-ring (bicyclic) bond motifs is 1. The molecule has 1 aromatic heterocycles. The molecule has 110 valence electrons. The summed E-state index contributed by atoms with van der Waals surface area (Å²) in [6.07, 6.45) is 1.11. The standard InChI is InChI=1S/C11H16N4O4S/c1-8-6-14-10(7-13(8)11(16)17)9(5-12-14)15-3-2-4-20(15,18)19/h5,8H,2-4,6-7H2,1H3,(H,16,17)/t8-/m0/s1. The number of amides is 1. The maximum atomic E-state index is 12.0. The number of carboxylic acid groups (broad SMARTS) is 1. The Morgan fingerprint density at radius 2 is 2.25 bits per heavy atom. The highest BCUT2D eigenvalue weighted by Crippen LogP contribution is 2.31. The Bertz CT molecular complexity index is 653. The maximum Gasteiger partial charge on any atom is 0.407 e. The molecule has 1 fully saturated rings. The molecule has 0 saturated carbocycles. The lowest BCUT2D eigenvalue weighted by Crippen LogP contribution is -2.44. The van der Waals surface area contributed by atoms with Gasteiger partial charge in [-0.25, -0.2) is 13.2 Å². The third-order valence-corrected chi connectivity index (χ3v) is 5.69. The van der Waals surface area contributed by atoms with Crippen LogP contribution in [0.3, 0.4) is 0 Å². The van der Waals surface area contributed by atoms with Gasteiger partial charge in [-0.2, -0.15) is 5.10 Å². The van der Waals surface area contributed by atoms with Crippen molar-refractivity contribution in [2.45, 2.75) is 32.5 Å². The topological polar surface area (TPSA) is 95.7 Å². The Kier molecular flexibility index (Phi) is 2.89. The van der Waals surface area contributed by atoms with Crippen molar-refractivity contribution in [2.24, 2.45) is 0 Å². The highest BCUT2D eigenvalue weighted by atomic mass is 32.2. The molecule has 2 aliphatic rings. The summed E-state index contributed by atoms with van der Waals surface area (Å²) in [5.41, 5.74) is 1.16. The van der Waals surface area contributed by atoms with Crippen LogP contribution in [-0.2, 0) is 23.1 Å². The van der Waals surface area contributed by atoms with Gasteiger partial charge >= 0.3 is 6.09 Å². The second-order valence-electron chi connectivity index (χ2n) is 5.16.